The normalized spacial score (nSPS) is 13.7. The molecule has 0 amide bonds. The molecule has 1 aromatic carbocycles. The maximum absolute atomic E-state index is 11.2. The van der Waals surface area contributed by atoms with Crippen LogP contribution in [0.1, 0.15) is 25.5 Å². The number of benzene rings is 1. The second-order valence-electron chi connectivity index (χ2n) is 4.33. The van der Waals surface area contributed by atoms with Gasteiger partial charge >= 0.3 is 5.97 Å². The van der Waals surface area contributed by atoms with E-state index in [9.17, 15) is 20.1 Å². The van der Waals surface area contributed by atoms with E-state index in [1.54, 1.807) is 6.07 Å². The highest BCUT2D eigenvalue weighted by Crippen LogP contribution is 2.31. The van der Waals surface area contributed by atoms with Crippen LogP contribution >= 0.6 is 0 Å². The fourth-order valence-electron chi connectivity index (χ4n) is 1.99. The number of esters is 1. The van der Waals surface area contributed by atoms with Crippen molar-refractivity contribution in [3.05, 3.63) is 23.8 Å². The molecule has 0 saturated heterocycles. The number of carbonyl (C=O) groups excluding carboxylic acids is 1. The van der Waals surface area contributed by atoms with Crippen molar-refractivity contribution in [1.29, 1.82) is 0 Å². The Morgan fingerprint density at radius 2 is 1.90 bits per heavy atom. The number of ether oxygens (including phenoxy) is 1. The number of aliphatic hydroxyl groups is 2. The van der Waals surface area contributed by atoms with Gasteiger partial charge in [0.05, 0.1) is 7.11 Å². The SMILES string of the molecule is CCN(CC)c1ccc(C(O)C(O)C(=O)OC)c(O)c1. The monoisotopic (exact) mass is 283 g/mol. The van der Waals surface area contributed by atoms with E-state index in [0.29, 0.717) is 0 Å². The largest absolute Gasteiger partial charge is 0.507 e. The van der Waals surface area contributed by atoms with E-state index in [0.717, 1.165) is 25.9 Å². The van der Waals surface area contributed by atoms with E-state index in [2.05, 4.69) is 4.74 Å². The molecule has 0 radical (unpaired) electrons. The summed E-state index contributed by atoms with van der Waals surface area (Å²) >= 11 is 0. The van der Waals surface area contributed by atoms with Crippen LogP contribution in [0, 0.1) is 0 Å². The summed E-state index contributed by atoms with van der Waals surface area (Å²) in [5.74, 6) is -1.13. The number of phenolic OH excluding ortho intramolecular Hbond substituents is 1. The van der Waals surface area contributed by atoms with E-state index in [1.165, 1.54) is 12.1 Å². The summed E-state index contributed by atoms with van der Waals surface area (Å²) in [6.07, 6.45) is -3.27. The van der Waals surface area contributed by atoms with Crippen LogP contribution < -0.4 is 4.90 Å². The van der Waals surface area contributed by atoms with Gasteiger partial charge in [0, 0.05) is 30.4 Å². The molecular formula is C14H21NO5. The lowest BCUT2D eigenvalue weighted by Crippen LogP contribution is -2.29. The van der Waals surface area contributed by atoms with Gasteiger partial charge < -0.3 is 25.0 Å². The first-order chi connectivity index (χ1) is 9.46. The molecule has 2 unspecified atom stereocenters. The summed E-state index contributed by atoms with van der Waals surface area (Å²) in [5, 5.41) is 29.4. The molecule has 0 aromatic heterocycles. The molecule has 3 N–H and O–H groups in total. The first-order valence-corrected chi connectivity index (χ1v) is 6.48. The fraction of sp³-hybridized carbons (Fsp3) is 0.500. The first kappa shape index (κ1) is 16.3. The van der Waals surface area contributed by atoms with Crippen LogP contribution in [0.5, 0.6) is 5.75 Å². The Morgan fingerprint density at radius 3 is 2.35 bits per heavy atom. The van der Waals surface area contributed by atoms with Gasteiger partial charge in [-0.2, -0.15) is 0 Å². The zero-order chi connectivity index (χ0) is 15.3. The minimum atomic E-state index is -1.73. The second-order valence-corrected chi connectivity index (χ2v) is 4.33. The number of anilines is 1. The Bertz CT molecular complexity index is 459. The predicted molar refractivity (Wildman–Crippen MR) is 74.7 cm³/mol. The lowest BCUT2D eigenvalue weighted by molar-refractivity contribution is -0.156. The Morgan fingerprint density at radius 1 is 1.30 bits per heavy atom. The molecule has 0 aliphatic rings. The highest BCUT2D eigenvalue weighted by molar-refractivity contribution is 5.75. The number of phenols is 1. The lowest BCUT2D eigenvalue weighted by atomic mass is 10.0. The average Bonchev–Trinajstić information content (AvgIpc) is 2.46. The fourth-order valence-corrected chi connectivity index (χ4v) is 1.99. The summed E-state index contributed by atoms with van der Waals surface area (Å²) < 4.78 is 4.35. The zero-order valence-corrected chi connectivity index (χ0v) is 11.9. The molecule has 112 valence electrons. The van der Waals surface area contributed by atoms with Crippen molar-refractivity contribution < 1.29 is 24.9 Å². The van der Waals surface area contributed by atoms with Crippen molar-refractivity contribution >= 4 is 11.7 Å². The number of rotatable bonds is 6. The molecule has 0 aliphatic carbocycles. The Labute approximate surface area is 118 Å². The van der Waals surface area contributed by atoms with E-state index < -0.39 is 18.2 Å². The number of carbonyl (C=O) groups is 1. The predicted octanol–water partition coefficient (Wildman–Crippen LogP) is 0.806. The van der Waals surface area contributed by atoms with Crippen LogP contribution in [0.25, 0.3) is 0 Å². The molecule has 1 rings (SSSR count). The number of hydrogen-bond acceptors (Lipinski definition) is 6. The van der Waals surface area contributed by atoms with E-state index in [4.69, 9.17) is 0 Å². The van der Waals surface area contributed by atoms with Gasteiger partial charge in [0.25, 0.3) is 0 Å². The van der Waals surface area contributed by atoms with Gasteiger partial charge in [-0.3, -0.25) is 0 Å². The van der Waals surface area contributed by atoms with Crippen molar-refractivity contribution in [1.82, 2.24) is 0 Å². The third kappa shape index (κ3) is 3.40. The maximum Gasteiger partial charge on any atom is 0.337 e. The summed E-state index contributed by atoms with van der Waals surface area (Å²) in [6.45, 7) is 5.54. The number of aliphatic hydroxyl groups excluding tert-OH is 2. The number of methoxy groups -OCH3 is 1. The quantitative estimate of drug-likeness (QED) is 0.669. The highest BCUT2D eigenvalue weighted by Gasteiger charge is 2.28. The minimum absolute atomic E-state index is 0.0822. The average molecular weight is 283 g/mol. The zero-order valence-electron chi connectivity index (χ0n) is 11.9. The molecule has 0 fully saturated rings. The molecule has 1 aromatic rings. The summed E-state index contributed by atoms with van der Waals surface area (Å²) in [7, 11) is 1.11. The Balaban J connectivity index is 3.01. The number of hydrogen-bond donors (Lipinski definition) is 3. The van der Waals surface area contributed by atoms with E-state index in [1.807, 2.05) is 18.7 Å². The standard InChI is InChI=1S/C14H21NO5/c1-4-15(5-2)9-6-7-10(11(16)8-9)12(17)13(18)14(19)20-3/h6-8,12-13,16-18H,4-5H2,1-3H3. The molecule has 20 heavy (non-hydrogen) atoms. The smallest absolute Gasteiger partial charge is 0.337 e. The number of aromatic hydroxyl groups is 1. The van der Waals surface area contributed by atoms with Crippen molar-refractivity contribution in [2.75, 3.05) is 25.1 Å². The second kappa shape index (κ2) is 7.12. The maximum atomic E-state index is 11.2. The van der Waals surface area contributed by atoms with Crippen molar-refractivity contribution in [3.63, 3.8) is 0 Å². The molecule has 0 spiro atoms. The van der Waals surface area contributed by atoms with Crippen LogP contribution in [0.2, 0.25) is 0 Å². The van der Waals surface area contributed by atoms with Gasteiger partial charge in [-0.1, -0.05) is 6.07 Å². The first-order valence-electron chi connectivity index (χ1n) is 6.48. The van der Waals surface area contributed by atoms with Crippen LogP contribution in [-0.2, 0) is 9.53 Å². The van der Waals surface area contributed by atoms with E-state index >= 15 is 0 Å². The highest BCUT2D eigenvalue weighted by atomic mass is 16.5. The van der Waals surface area contributed by atoms with Gasteiger partial charge in [0.15, 0.2) is 6.10 Å². The van der Waals surface area contributed by atoms with E-state index in [-0.39, 0.29) is 11.3 Å². The van der Waals surface area contributed by atoms with Gasteiger partial charge in [-0.25, -0.2) is 4.79 Å². The molecule has 0 aliphatic heterocycles. The van der Waals surface area contributed by atoms with Gasteiger partial charge in [-0.05, 0) is 19.9 Å². The lowest BCUT2D eigenvalue weighted by Gasteiger charge is -2.23. The van der Waals surface area contributed by atoms with Gasteiger partial charge in [-0.15, -0.1) is 0 Å². The molecule has 6 heteroatoms. The van der Waals surface area contributed by atoms with Crippen molar-refractivity contribution in [3.8, 4) is 5.75 Å². The van der Waals surface area contributed by atoms with Crippen LogP contribution in [0.3, 0.4) is 0 Å². The van der Waals surface area contributed by atoms with Crippen molar-refractivity contribution in [2.24, 2.45) is 0 Å². The Kier molecular flexibility index (Phi) is 5.79. The molecule has 2 atom stereocenters. The van der Waals surface area contributed by atoms with Crippen LogP contribution in [0.15, 0.2) is 18.2 Å². The van der Waals surface area contributed by atoms with Crippen LogP contribution in [0.4, 0.5) is 5.69 Å². The minimum Gasteiger partial charge on any atom is -0.507 e. The summed E-state index contributed by atoms with van der Waals surface area (Å²) in [5.41, 5.74) is 0.884. The molecular weight excluding hydrogens is 262 g/mol. The molecule has 0 heterocycles. The molecule has 0 bridgehead atoms. The molecule has 6 nitrogen and oxygen atoms in total. The topological polar surface area (TPSA) is 90.2 Å². The van der Waals surface area contributed by atoms with Gasteiger partial charge in [0.1, 0.15) is 11.9 Å². The molecule has 0 saturated carbocycles. The number of nitrogens with zero attached hydrogens (tertiary/aromatic N) is 1. The third-order valence-corrected chi connectivity index (χ3v) is 3.20. The van der Waals surface area contributed by atoms with Crippen LogP contribution in [-0.4, -0.2) is 47.6 Å². The summed E-state index contributed by atoms with van der Waals surface area (Å²) in [6, 6.07) is 4.70. The summed E-state index contributed by atoms with van der Waals surface area (Å²) in [4.78, 5) is 13.2. The third-order valence-electron chi connectivity index (χ3n) is 3.20. The van der Waals surface area contributed by atoms with Gasteiger partial charge in [0.2, 0.25) is 0 Å². The van der Waals surface area contributed by atoms with Crippen molar-refractivity contribution in [2.45, 2.75) is 26.1 Å². The Hall–Kier alpha value is -1.79.